The number of anilines is 1. The topological polar surface area (TPSA) is 58.4 Å². The maximum Gasteiger partial charge on any atom is 0.238 e. The van der Waals surface area contributed by atoms with Crippen molar-refractivity contribution in [3.8, 4) is 0 Å². The number of nitrogens with zero attached hydrogens (tertiary/aromatic N) is 1. The van der Waals surface area contributed by atoms with E-state index in [-0.39, 0.29) is 12.5 Å². The Labute approximate surface area is 107 Å². The molecule has 0 aliphatic carbocycles. The lowest BCUT2D eigenvalue weighted by molar-refractivity contribution is -0.116. The Hall–Kier alpha value is -1.46. The van der Waals surface area contributed by atoms with Gasteiger partial charge in [0.25, 0.3) is 0 Å². The summed E-state index contributed by atoms with van der Waals surface area (Å²) in [5, 5.41) is 2.85. The molecule has 4 nitrogen and oxygen atoms in total. The Kier molecular flexibility index (Phi) is 5.06. The zero-order valence-electron chi connectivity index (χ0n) is 10.1. The van der Waals surface area contributed by atoms with Gasteiger partial charge in [-0.15, -0.1) is 0 Å². The summed E-state index contributed by atoms with van der Waals surface area (Å²) in [5.74, 6) is -0.0712. The number of aryl methyl sites for hydroxylation is 1. The number of carbonyl (C=O) groups excluding carboxylic acids is 1. The average Bonchev–Trinajstić information content (AvgIpc) is 2.19. The zero-order valence-corrected chi connectivity index (χ0v) is 10.9. The molecule has 0 saturated carbocycles. The summed E-state index contributed by atoms with van der Waals surface area (Å²) in [5.41, 5.74) is 7.28. The molecule has 0 heterocycles. The van der Waals surface area contributed by atoms with Gasteiger partial charge in [0.2, 0.25) is 5.91 Å². The quantitative estimate of drug-likeness (QED) is 0.771. The van der Waals surface area contributed by atoms with Gasteiger partial charge in [-0.25, -0.2) is 0 Å². The molecule has 0 aromatic heterocycles. The summed E-state index contributed by atoms with van der Waals surface area (Å²) in [6, 6.07) is 7.65. The highest BCUT2D eigenvalue weighted by Gasteiger charge is 2.08. The van der Waals surface area contributed by atoms with Gasteiger partial charge < -0.3 is 11.1 Å². The molecule has 92 valence electrons. The molecule has 1 aromatic rings. The van der Waals surface area contributed by atoms with Crippen LogP contribution in [-0.4, -0.2) is 35.9 Å². The third-order valence-corrected chi connectivity index (χ3v) is 2.39. The van der Waals surface area contributed by atoms with Crippen molar-refractivity contribution in [2.75, 3.05) is 25.5 Å². The molecule has 1 amide bonds. The van der Waals surface area contributed by atoms with Gasteiger partial charge in [0.15, 0.2) is 0 Å². The van der Waals surface area contributed by atoms with Crippen LogP contribution < -0.4 is 11.1 Å². The van der Waals surface area contributed by atoms with Gasteiger partial charge in [0.05, 0.1) is 11.5 Å². The summed E-state index contributed by atoms with van der Waals surface area (Å²) in [6.45, 7) is 2.66. The van der Waals surface area contributed by atoms with E-state index in [1.165, 1.54) is 0 Å². The van der Waals surface area contributed by atoms with E-state index in [1.807, 2.05) is 31.2 Å². The van der Waals surface area contributed by atoms with Crippen molar-refractivity contribution in [3.63, 3.8) is 0 Å². The number of rotatable bonds is 5. The first-order chi connectivity index (χ1) is 7.99. The number of likely N-dealkylation sites (N-methyl/N-ethyl adjacent to an activating group) is 1. The van der Waals surface area contributed by atoms with Crippen LogP contribution in [-0.2, 0) is 4.79 Å². The van der Waals surface area contributed by atoms with Crippen LogP contribution in [0.3, 0.4) is 0 Å². The van der Waals surface area contributed by atoms with Crippen LogP contribution >= 0.6 is 12.2 Å². The van der Waals surface area contributed by atoms with Crippen LogP contribution in [0.2, 0.25) is 0 Å². The van der Waals surface area contributed by atoms with Crippen LogP contribution in [0.15, 0.2) is 24.3 Å². The van der Waals surface area contributed by atoms with Crippen LogP contribution in [0.1, 0.15) is 5.56 Å². The first-order valence-electron chi connectivity index (χ1n) is 5.31. The summed E-state index contributed by atoms with van der Waals surface area (Å²) >= 11 is 4.78. The number of nitrogens with one attached hydrogen (secondary N) is 1. The van der Waals surface area contributed by atoms with E-state index in [0.29, 0.717) is 11.5 Å². The van der Waals surface area contributed by atoms with E-state index >= 15 is 0 Å². The Balaban J connectivity index is 2.50. The molecule has 0 saturated heterocycles. The lowest BCUT2D eigenvalue weighted by Gasteiger charge is -2.15. The summed E-state index contributed by atoms with van der Waals surface area (Å²) < 4.78 is 0. The van der Waals surface area contributed by atoms with E-state index < -0.39 is 0 Å². The molecule has 0 aliphatic rings. The molecule has 0 atom stereocenters. The van der Waals surface area contributed by atoms with Crippen molar-refractivity contribution >= 4 is 28.8 Å². The Morgan fingerprint density at radius 3 is 2.65 bits per heavy atom. The first-order valence-corrected chi connectivity index (χ1v) is 5.72. The number of nitrogens with two attached hydrogens (primary N) is 1. The fourth-order valence-corrected chi connectivity index (χ4v) is 1.69. The first kappa shape index (κ1) is 13.6. The van der Waals surface area contributed by atoms with Gasteiger partial charge in [0.1, 0.15) is 0 Å². The number of amides is 1. The molecule has 0 aliphatic heterocycles. The molecule has 0 bridgehead atoms. The number of carbonyl (C=O) groups is 1. The van der Waals surface area contributed by atoms with E-state index in [0.717, 1.165) is 11.3 Å². The molecule has 0 spiro atoms. The maximum absolute atomic E-state index is 11.7. The van der Waals surface area contributed by atoms with E-state index in [1.54, 1.807) is 11.9 Å². The third-order valence-electron chi connectivity index (χ3n) is 2.26. The van der Waals surface area contributed by atoms with Crippen LogP contribution in [0.25, 0.3) is 0 Å². The molecule has 0 fully saturated rings. The Morgan fingerprint density at radius 1 is 1.41 bits per heavy atom. The van der Waals surface area contributed by atoms with E-state index in [4.69, 9.17) is 18.0 Å². The third kappa shape index (κ3) is 4.93. The number of para-hydroxylation sites is 1. The minimum atomic E-state index is -0.0712. The molecular weight excluding hydrogens is 234 g/mol. The van der Waals surface area contributed by atoms with Crippen molar-refractivity contribution in [1.29, 1.82) is 0 Å². The minimum absolute atomic E-state index is 0.0712. The molecule has 1 aromatic carbocycles. The second-order valence-electron chi connectivity index (χ2n) is 4.00. The van der Waals surface area contributed by atoms with Gasteiger partial charge in [-0.1, -0.05) is 30.4 Å². The predicted molar refractivity (Wildman–Crippen MR) is 74.1 cm³/mol. The van der Waals surface area contributed by atoms with Crippen LogP contribution in [0, 0.1) is 6.92 Å². The lowest BCUT2D eigenvalue weighted by Crippen LogP contribution is -2.35. The summed E-state index contributed by atoms with van der Waals surface area (Å²) in [4.78, 5) is 13.9. The van der Waals surface area contributed by atoms with Gasteiger partial charge in [-0.05, 0) is 25.6 Å². The standard InChI is InChI=1S/C12H17N3OS/c1-9-5-3-4-6-10(9)14-12(16)8-15(2)7-11(13)17/h3-6H,7-8H2,1-2H3,(H2,13,17)(H,14,16). The van der Waals surface area contributed by atoms with Gasteiger partial charge in [-0.2, -0.15) is 0 Å². The molecule has 5 heteroatoms. The van der Waals surface area contributed by atoms with E-state index in [9.17, 15) is 4.79 Å². The second kappa shape index (κ2) is 6.32. The highest BCUT2D eigenvalue weighted by Crippen LogP contribution is 2.12. The molecule has 0 unspecified atom stereocenters. The average molecular weight is 251 g/mol. The van der Waals surface area contributed by atoms with Crippen molar-refractivity contribution in [2.45, 2.75) is 6.92 Å². The number of benzene rings is 1. The highest BCUT2D eigenvalue weighted by atomic mass is 32.1. The fraction of sp³-hybridized carbons (Fsp3) is 0.333. The molecule has 0 radical (unpaired) electrons. The lowest BCUT2D eigenvalue weighted by atomic mass is 10.2. The summed E-state index contributed by atoms with van der Waals surface area (Å²) in [7, 11) is 1.80. The number of hydrogen-bond donors (Lipinski definition) is 2. The molecular formula is C12H17N3OS. The highest BCUT2D eigenvalue weighted by molar-refractivity contribution is 7.80. The fourth-order valence-electron chi connectivity index (χ4n) is 1.47. The zero-order chi connectivity index (χ0) is 12.8. The van der Waals surface area contributed by atoms with Gasteiger partial charge >= 0.3 is 0 Å². The van der Waals surface area contributed by atoms with Crippen LogP contribution in [0.4, 0.5) is 5.69 Å². The molecule has 17 heavy (non-hydrogen) atoms. The number of thiocarbonyl (C=S) groups is 1. The van der Waals surface area contributed by atoms with Gasteiger partial charge in [-0.3, -0.25) is 9.69 Å². The smallest absolute Gasteiger partial charge is 0.238 e. The SMILES string of the molecule is Cc1ccccc1NC(=O)CN(C)CC(N)=S. The predicted octanol–water partition coefficient (Wildman–Crippen LogP) is 1.15. The maximum atomic E-state index is 11.7. The monoisotopic (exact) mass is 251 g/mol. The van der Waals surface area contributed by atoms with Crippen molar-refractivity contribution in [1.82, 2.24) is 4.90 Å². The van der Waals surface area contributed by atoms with Crippen molar-refractivity contribution in [2.24, 2.45) is 5.73 Å². The Bertz CT molecular complexity index is 420. The van der Waals surface area contributed by atoms with Crippen molar-refractivity contribution < 1.29 is 4.79 Å². The largest absolute Gasteiger partial charge is 0.392 e. The second-order valence-corrected chi connectivity index (χ2v) is 4.53. The van der Waals surface area contributed by atoms with E-state index in [2.05, 4.69) is 5.32 Å². The number of hydrogen-bond acceptors (Lipinski definition) is 3. The minimum Gasteiger partial charge on any atom is -0.392 e. The van der Waals surface area contributed by atoms with Crippen LogP contribution in [0.5, 0.6) is 0 Å². The van der Waals surface area contributed by atoms with Gasteiger partial charge in [0, 0.05) is 12.2 Å². The Morgan fingerprint density at radius 2 is 2.06 bits per heavy atom. The summed E-state index contributed by atoms with van der Waals surface area (Å²) in [6.07, 6.45) is 0. The molecule has 1 rings (SSSR count). The molecule has 3 N–H and O–H groups in total. The van der Waals surface area contributed by atoms with Crippen molar-refractivity contribution in [3.05, 3.63) is 29.8 Å². The normalized spacial score (nSPS) is 10.3.